The SMILES string of the molecule is Cc1cccc(C(=O)Nc2ccc(F)cc2I)n1. The van der Waals surface area contributed by atoms with E-state index in [-0.39, 0.29) is 11.7 Å². The Morgan fingerprint density at radius 3 is 2.78 bits per heavy atom. The van der Waals surface area contributed by atoms with Gasteiger partial charge in [-0.25, -0.2) is 9.37 Å². The van der Waals surface area contributed by atoms with E-state index in [9.17, 15) is 9.18 Å². The monoisotopic (exact) mass is 356 g/mol. The lowest BCUT2D eigenvalue weighted by molar-refractivity contribution is 0.102. The van der Waals surface area contributed by atoms with Crippen LogP contribution in [0, 0.1) is 16.3 Å². The van der Waals surface area contributed by atoms with E-state index in [1.165, 1.54) is 18.2 Å². The molecule has 0 atom stereocenters. The van der Waals surface area contributed by atoms with E-state index in [1.807, 2.05) is 35.6 Å². The number of amides is 1. The molecule has 92 valence electrons. The number of carbonyl (C=O) groups excluding carboxylic acids is 1. The van der Waals surface area contributed by atoms with Gasteiger partial charge >= 0.3 is 0 Å². The number of anilines is 1. The van der Waals surface area contributed by atoms with Crippen molar-refractivity contribution >= 4 is 34.2 Å². The Hall–Kier alpha value is -1.50. The molecule has 0 aliphatic carbocycles. The molecule has 3 nitrogen and oxygen atoms in total. The minimum Gasteiger partial charge on any atom is -0.320 e. The van der Waals surface area contributed by atoms with Crippen LogP contribution in [0.5, 0.6) is 0 Å². The molecule has 0 radical (unpaired) electrons. The second kappa shape index (κ2) is 5.43. The summed E-state index contributed by atoms with van der Waals surface area (Å²) in [5, 5.41) is 2.71. The van der Waals surface area contributed by atoms with Crippen molar-refractivity contribution in [2.45, 2.75) is 6.92 Å². The van der Waals surface area contributed by atoms with Gasteiger partial charge in [0.05, 0.1) is 5.69 Å². The summed E-state index contributed by atoms with van der Waals surface area (Å²) in [6.07, 6.45) is 0. The second-order valence-electron chi connectivity index (χ2n) is 3.74. The van der Waals surface area contributed by atoms with Crippen molar-refractivity contribution in [2.24, 2.45) is 0 Å². The lowest BCUT2D eigenvalue weighted by Crippen LogP contribution is -2.14. The van der Waals surface area contributed by atoms with Gasteiger partial charge in [-0.05, 0) is 59.8 Å². The first-order valence-electron chi connectivity index (χ1n) is 5.26. The van der Waals surface area contributed by atoms with Crippen LogP contribution in [0.2, 0.25) is 0 Å². The van der Waals surface area contributed by atoms with Crippen LogP contribution in [-0.4, -0.2) is 10.9 Å². The number of benzene rings is 1. The van der Waals surface area contributed by atoms with E-state index in [1.54, 1.807) is 12.1 Å². The van der Waals surface area contributed by atoms with Crippen molar-refractivity contribution in [3.63, 3.8) is 0 Å². The van der Waals surface area contributed by atoms with Gasteiger partial charge < -0.3 is 5.32 Å². The van der Waals surface area contributed by atoms with E-state index in [0.717, 1.165) is 5.69 Å². The third kappa shape index (κ3) is 3.04. The molecule has 0 bridgehead atoms. The Bertz CT molecular complexity index is 601. The third-order valence-electron chi connectivity index (χ3n) is 2.30. The smallest absolute Gasteiger partial charge is 0.274 e. The summed E-state index contributed by atoms with van der Waals surface area (Å²) in [5.41, 5.74) is 1.69. The summed E-state index contributed by atoms with van der Waals surface area (Å²) in [7, 11) is 0. The number of aromatic nitrogens is 1. The van der Waals surface area contributed by atoms with Crippen LogP contribution in [0.25, 0.3) is 0 Å². The lowest BCUT2D eigenvalue weighted by Gasteiger charge is -2.07. The summed E-state index contributed by atoms with van der Waals surface area (Å²) >= 11 is 1.97. The number of rotatable bonds is 2. The van der Waals surface area contributed by atoms with Gasteiger partial charge in [0.1, 0.15) is 11.5 Å². The molecule has 2 rings (SSSR count). The van der Waals surface area contributed by atoms with Crippen molar-refractivity contribution in [1.82, 2.24) is 4.98 Å². The molecule has 1 N–H and O–H groups in total. The van der Waals surface area contributed by atoms with Gasteiger partial charge in [0.25, 0.3) is 5.91 Å². The average molecular weight is 356 g/mol. The fourth-order valence-corrected chi connectivity index (χ4v) is 2.06. The molecule has 0 fully saturated rings. The number of carbonyl (C=O) groups is 1. The summed E-state index contributed by atoms with van der Waals surface area (Å²) in [5.74, 6) is -0.630. The van der Waals surface area contributed by atoms with Gasteiger partial charge in [0.15, 0.2) is 0 Å². The molecule has 0 aliphatic heterocycles. The van der Waals surface area contributed by atoms with Gasteiger partial charge in [-0.1, -0.05) is 6.07 Å². The van der Waals surface area contributed by atoms with Gasteiger partial charge in [-0.2, -0.15) is 0 Å². The van der Waals surface area contributed by atoms with Crippen LogP contribution in [0.4, 0.5) is 10.1 Å². The van der Waals surface area contributed by atoms with Crippen LogP contribution in [0.3, 0.4) is 0 Å². The van der Waals surface area contributed by atoms with Crippen LogP contribution >= 0.6 is 22.6 Å². The van der Waals surface area contributed by atoms with Gasteiger partial charge in [0.2, 0.25) is 0 Å². The maximum atomic E-state index is 12.9. The minimum atomic E-state index is -0.328. The Balaban J connectivity index is 2.21. The van der Waals surface area contributed by atoms with Crippen molar-refractivity contribution < 1.29 is 9.18 Å². The largest absolute Gasteiger partial charge is 0.320 e. The van der Waals surface area contributed by atoms with E-state index < -0.39 is 0 Å². The maximum absolute atomic E-state index is 12.9. The predicted octanol–water partition coefficient (Wildman–Crippen LogP) is 3.39. The van der Waals surface area contributed by atoms with Crippen molar-refractivity contribution in [3.8, 4) is 0 Å². The molecule has 1 heterocycles. The summed E-state index contributed by atoms with van der Waals surface area (Å²) in [6, 6.07) is 9.43. The fourth-order valence-electron chi connectivity index (χ4n) is 1.45. The highest BCUT2D eigenvalue weighted by Crippen LogP contribution is 2.19. The number of nitrogens with zero attached hydrogens (tertiary/aromatic N) is 1. The molecule has 0 saturated carbocycles. The van der Waals surface area contributed by atoms with Crippen LogP contribution in [0.15, 0.2) is 36.4 Å². The molecule has 1 amide bonds. The Labute approximate surface area is 118 Å². The minimum absolute atomic E-state index is 0.303. The number of hydrogen-bond acceptors (Lipinski definition) is 2. The molecule has 1 aromatic heterocycles. The number of hydrogen-bond donors (Lipinski definition) is 1. The van der Waals surface area contributed by atoms with E-state index in [2.05, 4.69) is 10.3 Å². The number of nitrogens with one attached hydrogen (secondary N) is 1. The molecular weight excluding hydrogens is 346 g/mol. The number of aryl methyl sites for hydroxylation is 1. The zero-order chi connectivity index (χ0) is 13.1. The molecular formula is C13H10FIN2O. The quantitative estimate of drug-likeness (QED) is 0.839. The van der Waals surface area contributed by atoms with Crippen LogP contribution in [-0.2, 0) is 0 Å². The highest BCUT2D eigenvalue weighted by Gasteiger charge is 2.09. The molecule has 5 heteroatoms. The Morgan fingerprint density at radius 1 is 1.33 bits per heavy atom. The number of pyridine rings is 1. The molecule has 0 spiro atoms. The maximum Gasteiger partial charge on any atom is 0.274 e. The normalized spacial score (nSPS) is 10.2. The Kier molecular flexibility index (Phi) is 3.90. The van der Waals surface area contributed by atoms with E-state index in [4.69, 9.17) is 0 Å². The first-order valence-corrected chi connectivity index (χ1v) is 6.34. The van der Waals surface area contributed by atoms with Gasteiger partial charge in [0, 0.05) is 9.26 Å². The van der Waals surface area contributed by atoms with Gasteiger partial charge in [-0.3, -0.25) is 4.79 Å². The fraction of sp³-hybridized carbons (Fsp3) is 0.0769. The molecule has 2 aromatic rings. The molecule has 1 aromatic carbocycles. The molecule has 0 aliphatic rings. The van der Waals surface area contributed by atoms with E-state index >= 15 is 0 Å². The number of halogens is 2. The highest BCUT2D eigenvalue weighted by atomic mass is 127. The summed E-state index contributed by atoms with van der Waals surface area (Å²) in [6.45, 7) is 1.82. The predicted molar refractivity (Wildman–Crippen MR) is 76.0 cm³/mol. The van der Waals surface area contributed by atoms with E-state index in [0.29, 0.717) is 15.0 Å². The zero-order valence-corrected chi connectivity index (χ0v) is 11.7. The average Bonchev–Trinajstić information content (AvgIpc) is 2.32. The zero-order valence-electron chi connectivity index (χ0n) is 9.58. The topological polar surface area (TPSA) is 42.0 Å². The molecule has 18 heavy (non-hydrogen) atoms. The summed E-state index contributed by atoms with van der Waals surface area (Å²) < 4.78 is 13.6. The van der Waals surface area contributed by atoms with Crippen molar-refractivity contribution in [3.05, 3.63) is 57.2 Å². The van der Waals surface area contributed by atoms with Crippen molar-refractivity contribution in [2.75, 3.05) is 5.32 Å². The summed E-state index contributed by atoms with van der Waals surface area (Å²) in [4.78, 5) is 16.1. The highest BCUT2D eigenvalue weighted by molar-refractivity contribution is 14.1. The standard InChI is InChI=1S/C13H10FIN2O/c1-8-3-2-4-12(16-8)13(18)17-11-6-5-9(14)7-10(11)15/h2-7H,1H3,(H,17,18). The third-order valence-corrected chi connectivity index (χ3v) is 3.19. The first-order chi connectivity index (χ1) is 8.56. The molecule has 0 unspecified atom stereocenters. The van der Waals surface area contributed by atoms with Crippen LogP contribution < -0.4 is 5.32 Å². The van der Waals surface area contributed by atoms with Crippen molar-refractivity contribution in [1.29, 1.82) is 0 Å². The first kappa shape index (κ1) is 12.9. The van der Waals surface area contributed by atoms with Gasteiger partial charge in [-0.15, -0.1) is 0 Å². The van der Waals surface area contributed by atoms with Crippen LogP contribution in [0.1, 0.15) is 16.2 Å². The molecule has 0 saturated heterocycles. The lowest BCUT2D eigenvalue weighted by atomic mass is 10.2. The Morgan fingerprint density at radius 2 is 2.11 bits per heavy atom. The second-order valence-corrected chi connectivity index (χ2v) is 4.90.